The molecule has 0 radical (unpaired) electrons. The largest absolute Gasteiger partial charge is 0.378 e. The number of aromatic nitrogens is 1. The summed E-state index contributed by atoms with van der Waals surface area (Å²) < 4.78 is 6.57. The molecule has 0 spiro atoms. The maximum absolute atomic E-state index is 5.52. The number of nitrogens with one attached hydrogen (secondary N) is 1. The molecular formula is C12H17BrN2O. The Labute approximate surface area is 105 Å². The van der Waals surface area contributed by atoms with Crippen molar-refractivity contribution in [3.8, 4) is 0 Å². The van der Waals surface area contributed by atoms with E-state index in [0.717, 1.165) is 35.4 Å². The first-order valence-corrected chi connectivity index (χ1v) is 6.46. The summed E-state index contributed by atoms with van der Waals surface area (Å²) in [4.78, 5) is 4.49. The van der Waals surface area contributed by atoms with Crippen molar-refractivity contribution in [3.05, 3.63) is 22.3 Å². The van der Waals surface area contributed by atoms with Crippen LogP contribution in [0, 0.1) is 6.92 Å². The SMILES string of the molecule is Cc1nc(NC2CCOC(C)C2)ccc1Br. The lowest BCUT2D eigenvalue weighted by molar-refractivity contribution is 0.0232. The molecule has 1 aromatic rings. The van der Waals surface area contributed by atoms with Gasteiger partial charge in [0.15, 0.2) is 0 Å². The lowest BCUT2D eigenvalue weighted by Gasteiger charge is -2.28. The second-order valence-electron chi connectivity index (χ2n) is 4.31. The van der Waals surface area contributed by atoms with Gasteiger partial charge >= 0.3 is 0 Å². The number of rotatable bonds is 2. The van der Waals surface area contributed by atoms with Gasteiger partial charge in [0.1, 0.15) is 5.82 Å². The summed E-state index contributed by atoms with van der Waals surface area (Å²) in [6, 6.07) is 4.53. The van der Waals surface area contributed by atoms with Crippen LogP contribution in [0.1, 0.15) is 25.5 Å². The summed E-state index contributed by atoms with van der Waals surface area (Å²) in [6.07, 6.45) is 2.46. The minimum Gasteiger partial charge on any atom is -0.378 e. The maximum Gasteiger partial charge on any atom is 0.126 e. The Hall–Kier alpha value is -0.610. The zero-order chi connectivity index (χ0) is 11.5. The maximum atomic E-state index is 5.52. The third-order valence-electron chi connectivity index (χ3n) is 2.86. The van der Waals surface area contributed by atoms with E-state index in [4.69, 9.17) is 4.74 Å². The summed E-state index contributed by atoms with van der Waals surface area (Å²) >= 11 is 3.45. The van der Waals surface area contributed by atoms with Crippen molar-refractivity contribution in [1.29, 1.82) is 0 Å². The average molecular weight is 285 g/mol. The molecule has 2 rings (SSSR count). The van der Waals surface area contributed by atoms with E-state index in [2.05, 4.69) is 33.2 Å². The van der Waals surface area contributed by atoms with Crippen LogP contribution in [0.4, 0.5) is 5.82 Å². The summed E-state index contributed by atoms with van der Waals surface area (Å²) in [5, 5.41) is 3.47. The van der Waals surface area contributed by atoms with E-state index in [9.17, 15) is 0 Å². The Kier molecular flexibility index (Phi) is 3.82. The minimum atomic E-state index is 0.350. The van der Waals surface area contributed by atoms with Crippen molar-refractivity contribution < 1.29 is 4.74 Å². The molecule has 0 bridgehead atoms. The van der Waals surface area contributed by atoms with Gasteiger partial charge in [0.05, 0.1) is 11.8 Å². The molecule has 1 N–H and O–H groups in total. The van der Waals surface area contributed by atoms with Crippen LogP contribution < -0.4 is 5.32 Å². The van der Waals surface area contributed by atoms with E-state index in [1.807, 2.05) is 19.1 Å². The van der Waals surface area contributed by atoms with Gasteiger partial charge in [-0.3, -0.25) is 0 Å². The van der Waals surface area contributed by atoms with Crippen molar-refractivity contribution in [2.75, 3.05) is 11.9 Å². The van der Waals surface area contributed by atoms with Crippen LogP contribution in [0.5, 0.6) is 0 Å². The molecule has 0 aliphatic carbocycles. The van der Waals surface area contributed by atoms with Crippen LogP contribution in [0.2, 0.25) is 0 Å². The van der Waals surface area contributed by atoms with Gasteiger partial charge in [0, 0.05) is 17.1 Å². The third kappa shape index (κ3) is 2.95. The number of ether oxygens (including phenoxy) is 1. The molecule has 2 unspecified atom stereocenters. The van der Waals surface area contributed by atoms with E-state index < -0.39 is 0 Å². The van der Waals surface area contributed by atoms with Gasteiger partial charge < -0.3 is 10.1 Å². The van der Waals surface area contributed by atoms with Gasteiger partial charge in [0.25, 0.3) is 0 Å². The summed E-state index contributed by atoms with van der Waals surface area (Å²) in [7, 11) is 0. The molecule has 2 atom stereocenters. The molecule has 88 valence electrons. The molecule has 0 amide bonds. The van der Waals surface area contributed by atoms with Crippen molar-refractivity contribution in [2.24, 2.45) is 0 Å². The Bertz CT molecular complexity index is 370. The fourth-order valence-electron chi connectivity index (χ4n) is 1.96. The number of anilines is 1. The third-order valence-corrected chi connectivity index (χ3v) is 3.70. The number of halogens is 1. The molecule has 0 saturated carbocycles. The van der Waals surface area contributed by atoms with Crippen molar-refractivity contribution >= 4 is 21.7 Å². The second kappa shape index (κ2) is 5.15. The predicted molar refractivity (Wildman–Crippen MR) is 68.7 cm³/mol. The first-order valence-electron chi connectivity index (χ1n) is 5.66. The highest BCUT2D eigenvalue weighted by molar-refractivity contribution is 9.10. The molecule has 1 aromatic heterocycles. The lowest BCUT2D eigenvalue weighted by Crippen LogP contribution is -2.32. The quantitative estimate of drug-likeness (QED) is 0.906. The van der Waals surface area contributed by atoms with Crippen LogP contribution in [0.25, 0.3) is 0 Å². The molecule has 4 heteroatoms. The van der Waals surface area contributed by atoms with Crippen molar-refractivity contribution in [1.82, 2.24) is 4.98 Å². The first kappa shape index (κ1) is 11.9. The zero-order valence-corrected chi connectivity index (χ0v) is 11.3. The van der Waals surface area contributed by atoms with Gasteiger partial charge in [0.2, 0.25) is 0 Å². The van der Waals surface area contributed by atoms with Crippen LogP contribution >= 0.6 is 15.9 Å². The summed E-state index contributed by atoms with van der Waals surface area (Å²) in [5.41, 5.74) is 1.02. The molecule has 1 saturated heterocycles. The lowest BCUT2D eigenvalue weighted by atomic mass is 10.0. The van der Waals surface area contributed by atoms with Crippen LogP contribution in [-0.4, -0.2) is 23.7 Å². The summed E-state index contributed by atoms with van der Waals surface area (Å²) in [5.74, 6) is 0.958. The van der Waals surface area contributed by atoms with Gasteiger partial charge in [-0.25, -0.2) is 4.98 Å². The fourth-order valence-corrected chi connectivity index (χ4v) is 2.18. The van der Waals surface area contributed by atoms with E-state index >= 15 is 0 Å². The Morgan fingerprint density at radius 2 is 2.31 bits per heavy atom. The smallest absolute Gasteiger partial charge is 0.126 e. The number of aryl methyl sites for hydroxylation is 1. The van der Waals surface area contributed by atoms with E-state index in [-0.39, 0.29) is 0 Å². The average Bonchev–Trinajstić information content (AvgIpc) is 2.24. The van der Waals surface area contributed by atoms with Gasteiger partial charge in [-0.2, -0.15) is 0 Å². The van der Waals surface area contributed by atoms with Crippen molar-refractivity contribution in [3.63, 3.8) is 0 Å². The normalized spacial score (nSPS) is 25.4. The highest BCUT2D eigenvalue weighted by Crippen LogP contribution is 2.20. The monoisotopic (exact) mass is 284 g/mol. The van der Waals surface area contributed by atoms with Gasteiger partial charge in [-0.1, -0.05) is 0 Å². The Morgan fingerprint density at radius 3 is 3.00 bits per heavy atom. The molecule has 0 aromatic carbocycles. The minimum absolute atomic E-state index is 0.350. The molecule has 1 aliphatic heterocycles. The molecule has 1 aliphatic rings. The van der Waals surface area contributed by atoms with E-state index in [1.54, 1.807) is 0 Å². The summed E-state index contributed by atoms with van der Waals surface area (Å²) in [6.45, 7) is 4.96. The predicted octanol–water partition coefficient (Wildman–Crippen LogP) is 3.13. The van der Waals surface area contributed by atoms with Gasteiger partial charge in [-0.15, -0.1) is 0 Å². The molecular weight excluding hydrogens is 268 g/mol. The highest BCUT2D eigenvalue weighted by atomic mass is 79.9. The van der Waals surface area contributed by atoms with E-state index in [0.29, 0.717) is 12.1 Å². The molecule has 1 fully saturated rings. The molecule has 2 heterocycles. The van der Waals surface area contributed by atoms with E-state index in [1.165, 1.54) is 0 Å². The first-order chi connectivity index (χ1) is 7.65. The second-order valence-corrected chi connectivity index (χ2v) is 5.17. The standard InChI is InChI=1S/C12H17BrN2O/c1-8-7-10(5-6-16-8)15-12-4-3-11(13)9(2)14-12/h3-4,8,10H,5-7H2,1-2H3,(H,14,15). The Balaban J connectivity index is 2.00. The number of hydrogen-bond acceptors (Lipinski definition) is 3. The Morgan fingerprint density at radius 1 is 1.50 bits per heavy atom. The fraction of sp³-hybridized carbons (Fsp3) is 0.583. The van der Waals surface area contributed by atoms with Crippen molar-refractivity contribution in [2.45, 2.75) is 38.8 Å². The topological polar surface area (TPSA) is 34.2 Å². The van der Waals surface area contributed by atoms with Crippen LogP contribution in [-0.2, 0) is 4.74 Å². The number of nitrogens with zero attached hydrogens (tertiary/aromatic N) is 1. The van der Waals surface area contributed by atoms with Crippen LogP contribution in [0.15, 0.2) is 16.6 Å². The molecule has 3 nitrogen and oxygen atoms in total. The highest BCUT2D eigenvalue weighted by Gasteiger charge is 2.19. The molecule has 16 heavy (non-hydrogen) atoms. The number of pyridine rings is 1. The zero-order valence-electron chi connectivity index (χ0n) is 9.66. The van der Waals surface area contributed by atoms with Crippen LogP contribution in [0.3, 0.4) is 0 Å². The number of hydrogen-bond donors (Lipinski definition) is 1. The van der Waals surface area contributed by atoms with Gasteiger partial charge in [-0.05, 0) is 54.8 Å².